The summed E-state index contributed by atoms with van der Waals surface area (Å²) in [5, 5.41) is 0. The van der Waals surface area contributed by atoms with Gasteiger partial charge < -0.3 is 10.5 Å². The van der Waals surface area contributed by atoms with Gasteiger partial charge in [0.25, 0.3) is 0 Å². The van der Waals surface area contributed by atoms with Gasteiger partial charge in [-0.25, -0.2) is 0 Å². The lowest BCUT2D eigenvalue weighted by Gasteiger charge is -1.91. The van der Waals surface area contributed by atoms with E-state index in [0.717, 1.165) is 5.57 Å². The molecule has 0 fully saturated rings. The van der Waals surface area contributed by atoms with Crippen molar-refractivity contribution in [1.82, 2.24) is 0 Å². The second-order valence-electron chi connectivity index (χ2n) is 1.40. The molecule has 0 radical (unpaired) electrons. The molecule has 2 heteroatoms. The monoisotopic (exact) mass is 101 g/mol. The van der Waals surface area contributed by atoms with Gasteiger partial charge in [-0.2, -0.15) is 0 Å². The van der Waals surface area contributed by atoms with Crippen LogP contribution in [0.5, 0.6) is 0 Å². The highest BCUT2D eigenvalue weighted by Gasteiger charge is 1.77. The summed E-state index contributed by atoms with van der Waals surface area (Å²) in [6, 6.07) is 0. The van der Waals surface area contributed by atoms with E-state index in [0.29, 0.717) is 6.54 Å². The Hall–Kier alpha value is -0.500. The van der Waals surface area contributed by atoms with Crippen molar-refractivity contribution in [1.29, 1.82) is 0 Å². The number of ether oxygens (including phenoxy) is 1. The van der Waals surface area contributed by atoms with Crippen molar-refractivity contribution < 1.29 is 4.74 Å². The molecular weight excluding hydrogens is 90.1 g/mol. The van der Waals surface area contributed by atoms with Crippen molar-refractivity contribution in [2.24, 2.45) is 5.73 Å². The summed E-state index contributed by atoms with van der Waals surface area (Å²) in [7, 11) is 1.61. The number of methoxy groups -OCH3 is 1. The second-order valence-corrected chi connectivity index (χ2v) is 1.40. The van der Waals surface area contributed by atoms with Crippen molar-refractivity contribution in [3.63, 3.8) is 0 Å². The minimum absolute atomic E-state index is 0.577. The molecule has 7 heavy (non-hydrogen) atoms. The molecule has 42 valence electrons. The largest absolute Gasteiger partial charge is 0.504 e. The fourth-order valence-corrected chi connectivity index (χ4v) is 0.249. The predicted molar refractivity (Wildman–Crippen MR) is 29.8 cm³/mol. The molecule has 0 spiro atoms. The normalized spacial score (nSPS) is 11.6. The van der Waals surface area contributed by atoms with Gasteiger partial charge in [-0.05, 0) is 12.5 Å². The van der Waals surface area contributed by atoms with Crippen LogP contribution in [-0.4, -0.2) is 13.7 Å². The Labute approximate surface area is 44.0 Å². The van der Waals surface area contributed by atoms with Crippen LogP contribution >= 0.6 is 0 Å². The summed E-state index contributed by atoms with van der Waals surface area (Å²) in [6.45, 7) is 2.50. The Morgan fingerprint density at radius 2 is 2.43 bits per heavy atom. The Balaban J connectivity index is 3.29. The van der Waals surface area contributed by atoms with E-state index in [4.69, 9.17) is 5.73 Å². The average molecular weight is 101 g/mol. The van der Waals surface area contributed by atoms with E-state index >= 15 is 0 Å². The average Bonchev–Trinajstić information content (AvgIpc) is 1.68. The highest BCUT2D eigenvalue weighted by molar-refractivity contribution is 4.93. The lowest BCUT2D eigenvalue weighted by atomic mass is 10.3. The number of hydrogen-bond donors (Lipinski definition) is 1. The topological polar surface area (TPSA) is 35.2 Å². The fourth-order valence-electron chi connectivity index (χ4n) is 0.249. The standard InChI is InChI=1S/C5H11NO/c1-5(3-6)4-7-2/h4H,3,6H2,1-2H3. The Bertz CT molecular complexity index is 68.5. The summed E-state index contributed by atoms with van der Waals surface area (Å²) >= 11 is 0. The molecule has 0 amide bonds. The number of rotatable bonds is 2. The van der Waals surface area contributed by atoms with Crippen LogP contribution in [-0.2, 0) is 4.74 Å². The van der Waals surface area contributed by atoms with Crippen LogP contribution in [0.2, 0.25) is 0 Å². The van der Waals surface area contributed by atoms with Crippen LogP contribution < -0.4 is 5.73 Å². The van der Waals surface area contributed by atoms with Gasteiger partial charge in [0.2, 0.25) is 0 Å². The van der Waals surface area contributed by atoms with E-state index in [1.807, 2.05) is 6.92 Å². The molecule has 0 aliphatic rings. The third-order valence-corrected chi connectivity index (χ3v) is 0.641. The molecule has 0 unspecified atom stereocenters. The maximum atomic E-state index is 5.21. The third-order valence-electron chi connectivity index (χ3n) is 0.641. The van der Waals surface area contributed by atoms with Gasteiger partial charge in [-0.15, -0.1) is 0 Å². The van der Waals surface area contributed by atoms with Crippen molar-refractivity contribution in [3.8, 4) is 0 Å². The van der Waals surface area contributed by atoms with Crippen molar-refractivity contribution >= 4 is 0 Å². The van der Waals surface area contributed by atoms with Crippen molar-refractivity contribution in [3.05, 3.63) is 11.8 Å². The highest BCUT2D eigenvalue weighted by atomic mass is 16.5. The smallest absolute Gasteiger partial charge is 0.0826 e. The highest BCUT2D eigenvalue weighted by Crippen LogP contribution is 1.84. The van der Waals surface area contributed by atoms with Crippen LogP contribution in [0.25, 0.3) is 0 Å². The molecule has 2 N–H and O–H groups in total. The van der Waals surface area contributed by atoms with Crippen LogP contribution in [0, 0.1) is 0 Å². The molecule has 0 rings (SSSR count). The maximum Gasteiger partial charge on any atom is 0.0826 e. The zero-order valence-corrected chi connectivity index (χ0v) is 4.77. The molecule has 0 aliphatic carbocycles. The van der Waals surface area contributed by atoms with E-state index in [2.05, 4.69) is 4.74 Å². The van der Waals surface area contributed by atoms with E-state index in [1.54, 1.807) is 13.4 Å². The molecule has 0 atom stereocenters. The Kier molecular flexibility index (Phi) is 3.42. The van der Waals surface area contributed by atoms with Gasteiger partial charge in [0.1, 0.15) is 0 Å². The minimum atomic E-state index is 0.577. The molecule has 0 aromatic rings. The molecule has 2 nitrogen and oxygen atoms in total. The third kappa shape index (κ3) is 3.33. The first-order chi connectivity index (χ1) is 3.31. The van der Waals surface area contributed by atoms with Gasteiger partial charge in [0, 0.05) is 6.54 Å². The predicted octanol–water partition coefficient (Wildman–Crippen LogP) is 0.495. The van der Waals surface area contributed by atoms with Gasteiger partial charge in [-0.3, -0.25) is 0 Å². The van der Waals surface area contributed by atoms with Crippen molar-refractivity contribution in [2.75, 3.05) is 13.7 Å². The summed E-state index contributed by atoms with van der Waals surface area (Å²) in [5.74, 6) is 0. The van der Waals surface area contributed by atoms with E-state index in [1.165, 1.54) is 0 Å². The lowest BCUT2D eigenvalue weighted by Crippen LogP contribution is -1.99. The molecule has 0 aliphatic heterocycles. The van der Waals surface area contributed by atoms with Crippen LogP contribution in [0.15, 0.2) is 11.8 Å². The molecule has 0 aromatic heterocycles. The van der Waals surface area contributed by atoms with Gasteiger partial charge in [0.05, 0.1) is 13.4 Å². The maximum absolute atomic E-state index is 5.21. The second kappa shape index (κ2) is 3.68. The Morgan fingerprint density at radius 1 is 1.86 bits per heavy atom. The summed E-state index contributed by atoms with van der Waals surface area (Å²) in [4.78, 5) is 0. The number of hydrogen-bond acceptors (Lipinski definition) is 2. The zero-order valence-electron chi connectivity index (χ0n) is 4.77. The van der Waals surface area contributed by atoms with E-state index in [-0.39, 0.29) is 0 Å². The first-order valence-corrected chi connectivity index (χ1v) is 2.19. The lowest BCUT2D eigenvalue weighted by molar-refractivity contribution is 0.333. The first-order valence-electron chi connectivity index (χ1n) is 2.19. The minimum Gasteiger partial charge on any atom is -0.504 e. The molecule has 0 saturated heterocycles. The SMILES string of the molecule is COC=C(C)CN. The van der Waals surface area contributed by atoms with Gasteiger partial charge in [0.15, 0.2) is 0 Å². The molecular formula is C5H11NO. The van der Waals surface area contributed by atoms with Crippen molar-refractivity contribution in [2.45, 2.75) is 6.92 Å². The Morgan fingerprint density at radius 3 is 2.57 bits per heavy atom. The van der Waals surface area contributed by atoms with Crippen LogP contribution in [0.3, 0.4) is 0 Å². The van der Waals surface area contributed by atoms with E-state index < -0.39 is 0 Å². The number of nitrogens with two attached hydrogens (primary N) is 1. The quantitative estimate of drug-likeness (QED) is 0.514. The first kappa shape index (κ1) is 6.50. The summed E-state index contributed by atoms with van der Waals surface area (Å²) < 4.78 is 4.65. The van der Waals surface area contributed by atoms with Crippen LogP contribution in [0.4, 0.5) is 0 Å². The van der Waals surface area contributed by atoms with Gasteiger partial charge in [-0.1, -0.05) is 0 Å². The molecule has 0 aromatic carbocycles. The molecule has 0 heterocycles. The van der Waals surface area contributed by atoms with Crippen LogP contribution in [0.1, 0.15) is 6.92 Å². The molecule has 0 saturated carbocycles. The zero-order chi connectivity index (χ0) is 5.70. The van der Waals surface area contributed by atoms with Gasteiger partial charge >= 0.3 is 0 Å². The molecule has 0 bridgehead atoms. The summed E-state index contributed by atoms with van der Waals surface area (Å²) in [6.07, 6.45) is 1.64. The van der Waals surface area contributed by atoms with E-state index in [9.17, 15) is 0 Å². The fraction of sp³-hybridized carbons (Fsp3) is 0.600. The summed E-state index contributed by atoms with van der Waals surface area (Å²) in [5.41, 5.74) is 6.27.